The van der Waals surface area contributed by atoms with Gasteiger partial charge in [0.05, 0.1) is 36.5 Å². The summed E-state index contributed by atoms with van der Waals surface area (Å²) in [6, 6.07) is 3.31. The van der Waals surface area contributed by atoms with Gasteiger partial charge in [-0.25, -0.2) is 14.3 Å². The summed E-state index contributed by atoms with van der Waals surface area (Å²) in [4.78, 5) is 17.1. The van der Waals surface area contributed by atoms with Gasteiger partial charge >= 0.3 is 12.3 Å². The molecule has 4 rings (SSSR count). The van der Waals surface area contributed by atoms with Crippen molar-refractivity contribution in [1.82, 2.24) is 19.5 Å². The number of carboxylic acid groups (broad SMARTS) is 1. The zero-order chi connectivity index (χ0) is 20.8. The van der Waals surface area contributed by atoms with Gasteiger partial charge in [0.15, 0.2) is 5.65 Å². The van der Waals surface area contributed by atoms with Crippen molar-refractivity contribution in [3.63, 3.8) is 0 Å². The van der Waals surface area contributed by atoms with Crippen molar-refractivity contribution in [3.05, 3.63) is 29.7 Å². The average Bonchev–Trinajstić information content (AvgIpc) is 3.12. The highest BCUT2D eigenvalue weighted by molar-refractivity contribution is 5.65. The first kappa shape index (κ1) is 19.9. The van der Waals surface area contributed by atoms with Gasteiger partial charge in [0.2, 0.25) is 0 Å². The Labute approximate surface area is 165 Å². The summed E-state index contributed by atoms with van der Waals surface area (Å²) in [6.45, 7) is 2.24. The number of hydrogen-bond acceptors (Lipinski definition) is 4. The number of carbonyl (C=O) groups is 1. The van der Waals surface area contributed by atoms with E-state index >= 15 is 0 Å². The van der Waals surface area contributed by atoms with Crippen molar-refractivity contribution in [1.29, 1.82) is 0 Å². The van der Waals surface area contributed by atoms with Crippen molar-refractivity contribution in [3.8, 4) is 0 Å². The lowest BCUT2D eigenvalue weighted by Crippen LogP contribution is -2.47. The lowest BCUT2D eigenvalue weighted by molar-refractivity contribution is -0.182. The van der Waals surface area contributed by atoms with E-state index < -0.39 is 24.3 Å². The molecular formula is C19H23F3N4O3. The van der Waals surface area contributed by atoms with E-state index in [0.29, 0.717) is 24.2 Å². The van der Waals surface area contributed by atoms with Crippen LogP contribution in [0, 0.1) is 5.92 Å². The van der Waals surface area contributed by atoms with E-state index in [1.165, 1.54) is 4.90 Å². The fourth-order valence-corrected chi connectivity index (χ4v) is 4.29. The fraction of sp³-hybridized carbons (Fsp3) is 0.632. The van der Waals surface area contributed by atoms with Gasteiger partial charge in [0, 0.05) is 18.2 Å². The molecule has 0 bridgehead atoms. The molecule has 2 fully saturated rings. The van der Waals surface area contributed by atoms with Gasteiger partial charge in [-0.15, -0.1) is 0 Å². The standard InChI is InChI=1S/C19H23F3N4O3/c1-11-10-29-16(9-25(11)18(27)28)15-6-7-23-17-8-14(24-26(15)17)12-2-4-13(5-3-12)19(20,21)22/h6-8,11-13,16H,2-5,9-10H2,1H3,(H,27,28)/t11?,12-,13-,16?. The topological polar surface area (TPSA) is 80.0 Å². The van der Waals surface area contributed by atoms with E-state index in [0.717, 1.165) is 5.69 Å². The third-order valence-corrected chi connectivity index (χ3v) is 6.02. The third kappa shape index (κ3) is 3.90. The summed E-state index contributed by atoms with van der Waals surface area (Å²) >= 11 is 0. The van der Waals surface area contributed by atoms with Crippen LogP contribution >= 0.6 is 0 Å². The van der Waals surface area contributed by atoms with E-state index in [1.807, 2.05) is 6.07 Å². The lowest BCUT2D eigenvalue weighted by Gasteiger charge is -2.36. The Morgan fingerprint density at radius 3 is 2.66 bits per heavy atom. The van der Waals surface area contributed by atoms with Crippen molar-refractivity contribution in [2.24, 2.45) is 5.92 Å². The SMILES string of the molecule is CC1COC(c2ccnc3cc([C@H]4CC[C@H](C(F)(F)F)CC4)nn23)CN1C(=O)O. The smallest absolute Gasteiger partial charge is 0.407 e. The number of hydrogen-bond donors (Lipinski definition) is 1. The van der Waals surface area contributed by atoms with E-state index in [-0.39, 0.29) is 38.0 Å². The molecule has 3 heterocycles. The van der Waals surface area contributed by atoms with E-state index in [4.69, 9.17) is 4.74 Å². The van der Waals surface area contributed by atoms with Crippen molar-refractivity contribution in [2.45, 2.75) is 56.8 Å². The Kier molecular flexibility index (Phi) is 5.14. The van der Waals surface area contributed by atoms with Gasteiger partial charge in [0.1, 0.15) is 6.10 Å². The molecule has 29 heavy (non-hydrogen) atoms. The van der Waals surface area contributed by atoms with Gasteiger partial charge in [-0.2, -0.15) is 18.3 Å². The molecule has 2 unspecified atom stereocenters. The predicted molar refractivity (Wildman–Crippen MR) is 96.6 cm³/mol. The highest BCUT2D eigenvalue weighted by Crippen LogP contribution is 2.42. The lowest BCUT2D eigenvalue weighted by atomic mass is 9.80. The van der Waals surface area contributed by atoms with Crippen LogP contribution in [-0.2, 0) is 4.74 Å². The molecule has 10 heteroatoms. The minimum absolute atomic E-state index is 0.0361. The molecule has 1 amide bonds. The maximum absolute atomic E-state index is 12.9. The number of morpholine rings is 1. The van der Waals surface area contributed by atoms with Gasteiger partial charge in [-0.1, -0.05) is 0 Å². The summed E-state index contributed by atoms with van der Waals surface area (Å²) in [5, 5.41) is 14.0. The third-order valence-electron chi connectivity index (χ3n) is 6.02. The number of aromatic nitrogens is 3. The number of amides is 1. The van der Waals surface area contributed by atoms with Gasteiger partial charge in [-0.3, -0.25) is 0 Å². The number of halogens is 3. The molecule has 1 aliphatic carbocycles. The van der Waals surface area contributed by atoms with Gasteiger partial charge < -0.3 is 14.7 Å². The first-order valence-corrected chi connectivity index (χ1v) is 9.76. The van der Waals surface area contributed by atoms with E-state index in [2.05, 4.69) is 10.1 Å². The first-order chi connectivity index (χ1) is 13.7. The van der Waals surface area contributed by atoms with Crippen LogP contribution in [0.1, 0.15) is 56.0 Å². The molecule has 2 aromatic heterocycles. The fourth-order valence-electron chi connectivity index (χ4n) is 4.29. The number of alkyl halides is 3. The average molecular weight is 412 g/mol. The van der Waals surface area contributed by atoms with Crippen LogP contribution in [0.3, 0.4) is 0 Å². The van der Waals surface area contributed by atoms with Crippen LogP contribution in [0.25, 0.3) is 5.65 Å². The number of fused-ring (bicyclic) bond motifs is 1. The molecule has 0 aromatic carbocycles. The van der Waals surface area contributed by atoms with Crippen LogP contribution in [0.2, 0.25) is 0 Å². The monoisotopic (exact) mass is 412 g/mol. The van der Waals surface area contributed by atoms with E-state index in [1.54, 1.807) is 23.7 Å². The van der Waals surface area contributed by atoms with Crippen LogP contribution in [0.15, 0.2) is 18.3 Å². The maximum Gasteiger partial charge on any atom is 0.407 e. The summed E-state index contributed by atoms with van der Waals surface area (Å²) < 4.78 is 46.3. The Morgan fingerprint density at radius 1 is 1.28 bits per heavy atom. The Balaban J connectivity index is 1.56. The van der Waals surface area contributed by atoms with Gasteiger partial charge in [-0.05, 0) is 38.7 Å². The van der Waals surface area contributed by atoms with Crippen molar-refractivity contribution in [2.75, 3.05) is 13.2 Å². The molecule has 1 saturated carbocycles. The minimum atomic E-state index is -4.13. The second-order valence-electron chi connectivity index (χ2n) is 7.91. The second kappa shape index (κ2) is 7.47. The zero-order valence-corrected chi connectivity index (χ0v) is 16.0. The van der Waals surface area contributed by atoms with Crippen LogP contribution in [0.5, 0.6) is 0 Å². The zero-order valence-electron chi connectivity index (χ0n) is 16.0. The molecule has 0 radical (unpaired) electrons. The van der Waals surface area contributed by atoms with E-state index in [9.17, 15) is 23.1 Å². The summed E-state index contributed by atoms with van der Waals surface area (Å²) in [5.74, 6) is -1.27. The Morgan fingerprint density at radius 2 is 2.00 bits per heavy atom. The number of ether oxygens (including phenoxy) is 1. The Hall–Kier alpha value is -2.36. The highest BCUT2D eigenvalue weighted by Gasteiger charge is 2.42. The molecule has 1 saturated heterocycles. The minimum Gasteiger partial charge on any atom is -0.465 e. The largest absolute Gasteiger partial charge is 0.465 e. The molecule has 2 aliphatic rings. The number of nitrogens with zero attached hydrogens (tertiary/aromatic N) is 4. The van der Waals surface area contributed by atoms with Gasteiger partial charge in [0.25, 0.3) is 0 Å². The molecule has 1 aliphatic heterocycles. The molecule has 1 N–H and O–H groups in total. The normalized spacial score (nSPS) is 28.6. The molecule has 2 atom stereocenters. The molecule has 7 nitrogen and oxygen atoms in total. The predicted octanol–water partition coefficient (Wildman–Crippen LogP) is 4.01. The van der Waals surface area contributed by atoms with Crippen LogP contribution < -0.4 is 0 Å². The van der Waals surface area contributed by atoms with Crippen LogP contribution in [-0.4, -0.2) is 56.1 Å². The van der Waals surface area contributed by atoms with Crippen molar-refractivity contribution >= 4 is 11.7 Å². The quantitative estimate of drug-likeness (QED) is 0.806. The summed E-state index contributed by atoms with van der Waals surface area (Å²) in [5.41, 5.74) is 1.99. The van der Waals surface area contributed by atoms with Crippen molar-refractivity contribution < 1.29 is 27.8 Å². The first-order valence-electron chi connectivity index (χ1n) is 9.76. The number of rotatable bonds is 2. The molecular weight excluding hydrogens is 389 g/mol. The molecule has 0 spiro atoms. The molecule has 158 valence electrons. The molecule has 2 aromatic rings. The summed E-state index contributed by atoms with van der Waals surface area (Å²) in [7, 11) is 0. The highest BCUT2D eigenvalue weighted by atomic mass is 19.4. The second-order valence-corrected chi connectivity index (χ2v) is 7.91. The Bertz CT molecular complexity index is 892. The maximum atomic E-state index is 12.9. The van der Waals surface area contributed by atoms with Crippen LogP contribution in [0.4, 0.5) is 18.0 Å². The summed E-state index contributed by atoms with van der Waals surface area (Å²) in [6.07, 6.45) is -2.91.